The van der Waals surface area contributed by atoms with E-state index in [9.17, 15) is 13.2 Å². The van der Waals surface area contributed by atoms with Crippen molar-refractivity contribution in [1.82, 2.24) is 0 Å². The van der Waals surface area contributed by atoms with Crippen LogP contribution in [0.3, 0.4) is 0 Å². The van der Waals surface area contributed by atoms with Crippen molar-refractivity contribution in [3.8, 4) is 0 Å². The SMILES string of the molecule is CC(=O)Nc1ccc(/C(Cl)=C(/C2CCCCC2)S(=O)(=O)c2ccc(C)cc2)cc1. The van der Waals surface area contributed by atoms with Crippen LogP contribution in [0.15, 0.2) is 58.3 Å². The maximum absolute atomic E-state index is 13.6. The van der Waals surface area contributed by atoms with Crippen LogP contribution in [0, 0.1) is 12.8 Å². The zero-order valence-corrected chi connectivity index (χ0v) is 18.3. The van der Waals surface area contributed by atoms with Crippen molar-refractivity contribution in [2.75, 3.05) is 5.32 Å². The molecule has 1 aliphatic rings. The van der Waals surface area contributed by atoms with E-state index in [0.29, 0.717) is 16.2 Å². The molecule has 0 atom stereocenters. The number of benzene rings is 2. The maximum atomic E-state index is 13.6. The van der Waals surface area contributed by atoms with Crippen molar-refractivity contribution < 1.29 is 13.2 Å². The second kappa shape index (κ2) is 9.14. The summed E-state index contributed by atoms with van der Waals surface area (Å²) in [5, 5.41) is 2.98. The van der Waals surface area contributed by atoms with Crippen molar-refractivity contribution in [3.05, 3.63) is 64.6 Å². The van der Waals surface area contributed by atoms with E-state index in [1.165, 1.54) is 6.92 Å². The summed E-state index contributed by atoms with van der Waals surface area (Å²) in [5.74, 6) is -0.248. The van der Waals surface area contributed by atoms with E-state index in [1.807, 2.05) is 19.1 Å². The van der Waals surface area contributed by atoms with E-state index in [2.05, 4.69) is 5.32 Å². The lowest BCUT2D eigenvalue weighted by molar-refractivity contribution is -0.114. The third-order valence-electron chi connectivity index (χ3n) is 5.27. The number of amides is 1. The van der Waals surface area contributed by atoms with Crippen molar-refractivity contribution in [2.24, 2.45) is 5.92 Å². The minimum atomic E-state index is -3.72. The van der Waals surface area contributed by atoms with Gasteiger partial charge in [0.15, 0.2) is 0 Å². The van der Waals surface area contributed by atoms with Gasteiger partial charge in [-0.15, -0.1) is 0 Å². The lowest BCUT2D eigenvalue weighted by atomic mass is 9.88. The monoisotopic (exact) mass is 431 g/mol. The van der Waals surface area contributed by atoms with Crippen molar-refractivity contribution in [1.29, 1.82) is 0 Å². The van der Waals surface area contributed by atoms with Crippen LogP contribution < -0.4 is 5.32 Å². The van der Waals surface area contributed by atoms with E-state index in [4.69, 9.17) is 11.6 Å². The van der Waals surface area contributed by atoms with E-state index >= 15 is 0 Å². The number of sulfone groups is 1. The van der Waals surface area contributed by atoms with Crippen LogP contribution in [0.4, 0.5) is 5.69 Å². The molecule has 0 bridgehead atoms. The zero-order valence-electron chi connectivity index (χ0n) is 16.7. The number of hydrogen-bond acceptors (Lipinski definition) is 3. The first kappa shape index (κ1) is 21.6. The highest BCUT2D eigenvalue weighted by Crippen LogP contribution is 2.41. The fourth-order valence-corrected chi connectivity index (χ4v) is 6.13. The van der Waals surface area contributed by atoms with Gasteiger partial charge < -0.3 is 5.32 Å². The number of rotatable bonds is 5. The first-order valence-corrected chi connectivity index (χ1v) is 11.7. The standard InChI is InChI=1S/C23H26ClNO3S/c1-16-8-14-21(15-9-16)29(27,28)23(19-6-4-3-5-7-19)22(24)18-10-12-20(13-11-18)25-17(2)26/h8-15,19H,3-7H2,1-2H3,(H,25,26)/b23-22+. The Morgan fingerprint density at radius 3 is 2.10 bits per heavy atom. The number of carbonyl (C=O) groups excluding carboxylic acids is 1. The molecule has 1 N–H and O–H groups in total. The zero-order chi connectivity index (χ0) is 21.0. The van der Waals surface area contributed by atoms with Gasteiger partial charge in [-0.25, -0.2) is 8.42 Å². The smallest absolute Gasteiger partial charge is 0.221 e. The Labute approximate surface area is 177 Å². The summed E-state index contributed by atoms with van der Waals surface area (Å²) >= 11 is 6.74. The first-order chi connectivity index (χ1) is 13.8. The summed E-state index contributed by atoms with van der Waals surface area (Å²) in [4.78, 5) is 11.8. The quantitative estimate of drug-likeness (QED) is 0.639. The highest BCUT2D eigenvalue weighted by atomic mass is 35.5. The van der Waals surface area contributed by atoms with E-state index < -0.39 is 9.84 Å². The van der Waals surface area contributed by atoms with Crippen LogP contribution in [-0.4, -0.2) is 14.3 Å². The van der Waals surface area contributed by atoms with Gasteiger partial charge in [-0.2, -0.15) is 0 Å². The highest BCUT2D eigenvalue weighted by molar-refractivity contribution is 7.95. The first-order valence-electron chi connectivity index (χ1n) is 9.88. The van der Waals surface area contributed by atoms with Crippen LogP contribution in [-0.2, 0) is 14.6 Å². The Balaban J connectivity index is 2.08. The molecule has 4 nitrogen and oxygen atoms in total. The molecule has 1 amide bonds. The normalized spacial score (nSPS) is 16.2. The summed E-state index contributed by atoms with van der Waals surface area (Å²) in [6, 6.07) is 13.9. The molecular formula is C23H26ClNO3S. The molecule has 1 aliphatic carbocycles. The molecule has 0 aliphatic heterocycles. The summed E-state index contributed by atoms with van der Waals surface area (Å²) in [5.41, 5.74) is 2.29. The molecule has 0 spiro atoms. The van der Waals surface area contributed by atoms with Crippen LogP contribution >= 0.6 is 11.6 Å². The van der Waals surface area contributed by atoms with Gasteiger partial charge in [0.25, 0.3) is 0 Å². The van der Waals surface area contributed by atoms with Crippen LogP contribution in [0.25, 0.3) is 5.03 Å². The topological polar surface area (TPSA) is 63.2 Å². The second-order valence-corrected chi connectivity index (χ2v) is 9.88. The van der Waals surface area contributed by atoms with E-state index in [1.54, 1.807) is 36.4 Å². The minimum absolute atomic E-state index is 0.0856. The van der Waals surface area contributed by atoms with E-state index in [0.717, 1.165) is 37.7 Å². The Morgan fingerprint density at radius 2 is 1.55 bits per heavy atom. The molecule has 0 saturated heterocycles. The van der Waals surface area contributed by atoms with Gasteiger partial charge in [-0.1, -0.05) is 60.7 Å². The molecular weight excluding hydrogens is 406 g/mol. The molecule has 2 aromatic carbocycles. The summed E-state index contributed by atoms with van der Waals surface area (Å²) in [7, 11) is -3.72. The Kier molecular flexibility index (Phi) is 6.81. The van der Waals surface area contributed by atoms with Gasteiger partial charge >= 0.3 is 0 Å². The predicted octanol–water partition coefficient (Wildman–Crippen LogP) is 5.92. The fourth-order valence-electron chi connectivity index (χ4n) is 3.77. The lowest BCUT2D eigenvalue weighted by Gasteiger charge is -2.26. The molecule has 0 aromatic heterocycles. The van der Waals surface area contributed by atoms with Crippen LogP contribution in [0.5, 0.6) is 0 Å². The Bertz CT molecular complexity index is 1000. The van der Waals surface area contributed by atoms with E-state index in [-0.39, 0.29) is 21.8 Å². The Morgan fingerprint density at radius 1 is 0.966 bits per heavy atom. The Hall–Kier alpha value is -2.11. The number of halogens is 1. The molecule has 0 heterocycles. The number of nitrogens with one attached hydrogen (secondary N) is 1. The van der Waals surface area contributed by atoms with Crippen molar-refractivity contribution >= 4 is 38.1 Å². The second-order valence-electron chi connectivity index (χ2n) is 7.59. The predicted molar refractivity (Wildman–Crippen MR) is 118 cm³/mol. The number of aryl methyl sites for hydroxylation is 1. The number of carbonyl (C=O) groups is 1. The number of hydrogen-bond donors (Lipinski definition) is 1. The highest BCUT2D eigenvalue weighted by Gasteiger charge is 2.32. The van der Waals surface area contributed by atoms with Gasteiger partial charge in [0.1, 0.15) is 0 Å². The van der Waals surface area contributed by atoms with Gasteiger partial charge in [0, 0.05) is 12.6 Å². The number of anilines is 1. The van der Waals surface area contributed by atoms with Gasteiger partial charge in [-0.05, 0) is 55.5 Å². The average molecular weight is 432 g/mol. The molecule has 3 rings (SSSR count). The lowest BCUT2D eigenvalue weighted by Crippen LogP contribution is -2.18. The molecule has 0 unspecified atom stereocenters. The van der Waals surface area contributed by atoms with Crippen LogP contribution in [0.2, 0.25) is 0 Å². The largest absolute Gasteiger partial charge is 0.326 e. The molecule has 154 valence electrons. The third-order valence-corrected chi connectivity index (χ3v) is 7.81. The molecule has 6 heteroatoms. The molecule has 0 radical (unpaired) electrons. The van der Waals surface area contributed by atoms with Crippen molar-refractivity contribution in [2.45, 2.75) is 50.8 Å². The molecule has 29 heavy (non-hydrogen) atoms. The molecule has 1 saturated carbocycles. The summed E-state index contributed by atoms with van der Waals surface area (Å²) < 4.78 is 27.1. The van der Waals surface area contributed by atoms with Gasteiger partial charge in [0.2, 0.25) is 15.7 Å². The number of allylic oxidation sites excluding steroid dienone is 1. The van der Waals surface area contributed by atoms with Crippen LogP contribution in [0.1, 0.15) is 50.2 Å². The maximum Gasteiger partial charge on any atom is 0.221 e. The summed E-state index contributed by atoms with van der Waals surface area (Å²) in [6.45, 7) is 3.37. The minimum Gasteiger partial charge on any atom is -0.326 e. The molecule has 1 fully saturated rings. The fraction of sp³-hybridized carbons (Fsp3) is 0.348. The van der Waals surface area contributed by atoms with Gasteiger partial charge in [-0.3, -0.25) is 4.79 Å². The average Bonchev–Trinajstić information content (AvgIpc) is 2.69. The summed E-state index contributed by atoms with van der Waals surface area (Å²) in [6.07, 6.45) is 4.77. The van der Waals surface area contributed by atoms with Gasteiger partial charge in [0.05, 0.1) is 14.8 Å². The van der Waals surface area contributed by atoms with Crippen molar-refractivity contribution in [3.63, 3.8) is 0 Å². The third kappa shape index (κ3) is 5.09. The molecule has 2 aromatic rings.